The Balaban J connectivity index is 2.16. The van der Waals surface area contributed by atoms with E-state index in [2.05, 4.69) is 10.5 Å². The quantitative estimate of drug-likeness (QED) is 0.328. The van der Waals surface area contributed by atoms with Crippen LogP contribution in [0.2, 0.25) is 0 Å². The summed E-state index contributed by atoms with van der Waals surface area (Å²) >= 11 is 0. The van der Waals surface area contributed by atoms with Crippen LogP contribution in [0.5, 0.6) is 0 Å². The van der Waals surface area contributed by atoms with Gasteiger partial charge in [-0.2, -0.15) is 0 Å². The highest BCUT2D eigenvalue weighted by Crippen LogP contribution is 2.18. The molecule has 1 aromatic rings. The molecule has 102 valence electrons. The summed E-state index contributed by atoms with van der Waals surface area (Å²) in [6, 6.07) is 5.18. The lowest BCUT2D eigenvalue weighted by Gasteiger charge is -2.17. The van der Waals surface area contributed by atoms with Gasteiger partial charge in [-0.3, -0.25) is 0 Å². The van der Waals surface area contributed by atoms with Gasteiger partial charge >= 0.3 is 6.03 Å². The Morgan fingerprint density at radius 2 is 2.11 bits per heavy atom. The number of oxime groups is 1. The highest BCUT2D eigenvalue weighted by atomic mass is 16.4. The Morgan fingerprint density at radius 1 is 1.42 bits per heavy atom. The lowest BCUT2D eigenvalue weighted by molar-refractivity contribution is 0.222. The van der Waals surface area contributed by atoms with Crippen LogP contribution in [0.3, 0.4) is 0 Å². The van der Waals surface area contributed by atoms with Gasteiger partial charge in [0, 0.05) is 24.3 Å². The van der Waals surface area contributed by atoms with Crippen molar-refractivity contribution in [3.63, 3.8) is 0 Å². The normalized spacial score (nSPS) is 15.6. The summed E-state index contributed by atoms with van der Waals surface area (Å²) in [5.41, 5.74) is 7.73. The minimum absolute atomic E-state index is 0.0247. The molecule has 1 heterocycles. The summed E-state index contributed by atoms with van der Waals surface area (Å²) in [5, 5.41) is 14.5. The van der Waals surface area contributed by atoms with Gasteiger partial charge in [0.05, 0.1) is 0 Å². The lowest BCUT2D eigenvalue weighted by Crippen LogP contribution is -2.32. The molecule has 0 spiro atoms. The Kier molecular flexibility index (Phi) is 3.89. The first kappa shape index (κ1) is 13.2. The van der Waals surface area contributed by atoms with E-state index in [-0.39, 0.29) is 11.9 Å². The van der Waals surface area contributed by atoms with E-state index in [0.29, 0.717) is 11.3 Å². The van der Waals surface area contributed by atoms with Crippen molar-refractivity contribution in [2.24, 2.45) is 10.9 Å². The fourth-order valence-electron chi connectivity index (χ4n) is 2.09. The number of amidine groups is 1. The average Bonchev–Trinajstić information content (AvgIpc) is 2.94. The van der Waals surface area contributed by atoms with E-state index in [4.69, 9.17) is 10.9 Å². The lowest BCUT2D eigenvalue weighted by atomic mass is 10.1. The predicted molar refractivity (Wildman–Crippen MR) is 73.5 cm³/mol. The van der Waals surface area contributed by atoms with Gasteiger partial charge in [0.2, 0.25) is 0 Å². The van der Waals surface area contributed by atoms with Crippen molar-refractivity contribution in [3.05, 3.63) is 29.3 Å². The molecule has 1 aromatic carbocycles. The number of carbonyl (C=O) groups excluding carboxylic acids is 1. The third-order valence-electron chi connectivity index (χ3n) is 3.28. The number of nitrogens with two attached hydrogens (primary N) is 1. The molecular formula is C13H18N4O2. The maximum Gasteiger partial charge on any atom is 0.321 e. The molecule has 0 atom stereocenters. The predicted octanol–water partition coefficient (Wildman–Crippen LogP) is 1.72. The van der Waals surface area contributed by atoms with Crippen LogP contribution in [0.25, 0.3) is 0 Å². The number of carbonyl (C=O) groups is 1. The molecule has 2 amide bonds. The van der Waals surface area contributed by atoms with Crippen molar-refractivity contribution in [2.75, 3.05) is 18.4 Å². The number of urea groups is 1. The zero-order valence-corrected chi connectivity index (χ0v) is 10.9. The largest absolute Gasteiger partial charge is 0.409 e. The molecule has 1 aliphatic rings. The topological polar surface area (TPSA) is 91.0 Å². The molecule has 6 heteroatoms. The van der Waals surface area contributed by atoms with Crippen LogP contribution in [0.1, 0.15) is 24.0 Å². The van der Waals surface area contributed by atoms with Crippen molar-refractivity contribution in [2.45, 2.75) is 19.8 Å². The highest BCUT2D eigenvalue weighted by molar-refractivity contribution is 5.99. The molecule has 0 radical (unpaired) electrons. The number of benzene rings is 1. The van der Waals surface area contributed by atoms with Gasteiger partial charge in [0.25, 0.3) is 0 Å². The third-order valence-corrected chi connectivity index (χ3v) is 3.28. The smallest absolute Gasteiger partial charge is 0.321 e. The molecule has 1 fully saturated rings. The minimum Gasteiger partial charge on any atom is -0.409 e. The van der Waals surface area contributed by atoms with Crippen LogP contribution >= 0.6 is 0 Å². The number of aryl methyl sites for hydroxylation is 1. The first-order valence-corrected chi connectivity index (χ1v) is 6.26. The Morgan fingerprint density at radius 3 is 2.74 bits per heavy atom. The second-order valence-electron chi connectivity index (χ2n) is 4.64. The molecule has 2 rings (SSSR count). The van der Waals surface area contributed by atoms with Gasteiger partial charge in [0.1, 0.15) is 0 Å². The first-order chi connectivity index (χ1) is 9.11. The van der Waals surface area contributed by atoms with Gasteiger partial charge in [-0.1, -0.05) is 17.3 Å². The molecule has 1 aliphatic heterocycles. The minimum atomic E-state index is -0.0998. The molecule has 6 nitrogen and oxygen atoms in total. The second kappa shape index (κ2) is 5.60. The van der Waals surface area contributed by atoms with Gasteiger partial charge in [-0.05, 0) is 31.4 Å². The van der Waals surface area contributed by atoms with Crippen molar-refractivity contribution in [1.29, 1.82) is 0 Å². The molecule has 0 bridgehead atoms. The van der Waals surface area contributed by atoms with Gasteiger partial charge in [-0.15, -0.1) is 0 Å². The molecule has 0 saturated carbocycles. The number of nitrogens with zero attached hydrogens (tertiary/aromatic N) is 2. The first-order valence-electron chi connectivity index (χ1n) is 6.26. The number of likely N-dealkylation sites (tertiary alicyclic amines) is 1. The molecule has 0 aromatic heterocycles. The van der Waals surface area contributed by atoms with E-state index in [9.17, 15) is 4.79 Å². The Hall–Kier alpha value is -2.24. The molecule has 19 heavy (non-hydrogen) atoms. The van der Waals surface area contributed by atoms with E-state index in [1.165, 1.54) is 0 Å². The number of hydrogen-bond donors (Lipinski definition) is 3. The number of amides is 2. The third kappa shape index (κ3) is 2.96. The monoisotopic (exact) mass is 262 g/mol. The van der Waals surface area contributed by atoms with Crippen molar-refractivity contribution in [1.82, 2.24) is 4.90 Å². The van der Waals surface area contributed by atoms with Gasteiger partial charge in [0.15, 0.2) is 5.84 Å². The van der Waals surface area contributed by atoms with Crippen molar-refractivity contribution in [3.8, 4) is 0 Å². The van der Waals surface area contributed by atoms with E-state index in [1.54, 1.807) is 17.0 Å². The summed E-state index contributed by atoms with van der Waals surface area (Å²) in [5.74, 6) is 0.0247. The zero-order chi connectivity index (χ0) is 13.8. The fraction of sp³-hybridized carbons (Fsp3) is 0.385. The fourth-order valence-corrected chi connectivity index (χ4v) is 2.09. The molecule has 1 saturated heterocycles. The number of anilines is 1. The van der Waals surface area contributed by atoms with Crippen molar-refractivity contribution >= 4 is 17.6 Å². The van der Waals surface area contributed by atoms with Crippen LogP contribution in [0, 0.1) is 6.92 Å². The molecular weight excluding hydrogens is 244 g/mol. The maximum absolute atomic E-state index is 12.0. The van der Waals surface area contributed by atoms with E-state index >= 15 is 0 Å². The van der Waals surface area contributed by atoms with E-state index < -0.39 is 0 Å². The van der Waals surface area contributed by atoms with Gasteiger partial charge < -0.3 is 21.2 Å². The maximum atomic E-state index is 12.0. The van der Waals surface area contributed by atoms with E-state index in [1.807, 2.05) is 13.0 Å². The number of hydrogen-bond acceptors (Lipinski definition) is 3. The zero-order valence-electron chi connectivity index (χ0n) is 10.9. The van der Waals surface area contributed by atoms with Crippen LogP contribution in [-0.4, -0.2) is 35.1 Å². The summed E-state index contributed by atoms with van der Waals surface area (Å²) in [4.78, 5) is 13.8. The molecule has 0 aliphatic carbocycles. The second-order valence-corrected chi connectivity index (χ2v) is 4.64. The standard InChI is InChI=1S/C13H18N4O2/c1-9-4-5-10(12(14)16-19)8-11(9)15-13(18)17-6-2-3-7-17/h4-5,8,19H,2-3,6-7H2,1H3,(H2,14,16)(H,15,18). The number of rotatable bonds is 2. The van der Waals surface area contributed by atoms with Crippen LogP contribution in [0.15, 0.2) is 23.4 Å². The average molecular weight is 262 g/mol. The SMILES string of the molecule is Cc1ccc(C(N)=NO)cc1NC(=O)N1CCCC1. The van der Waals surface area contributed by atoms with Gasteiger partial charge in [-0.25, -0.2) is 4.79 Å². The van der Waals surface area contributed by atoms with Crippen LogP contribution in [0.4, 0.5) is 10.5 Å². The highest BCUT2D eigenvalue weighted by Gasteiger charge is 2.18. The van der Waals surface area contributed by atoms with Crippen LogP contribution < -0.4 is 11.1 Å². The summed E-state index contributed by atoms with van der Waals surface area (Å²) in [6.45, 7) is 3.49. The van der Waals surface area contributed by atoms with Crippen LogP contribution in [-0.2, 0) is 0 Å². The summed E-state index contributed by atoms with van der Waals surface area (Å²) in [7, 11) is 0. The summed E-state index contributed by atoms with van der Waals surface area (Å²) < 4.78 is 0. The Bertz CT molecular complexity index is 507. The van der Waals surface area contributed by atoms with E-state index in [0.717, 1.165) is 31.5 Å². The Labute approximate surface area is 111 Å². The molecule has 0 unspecified atom stereocenters. The summed E-state index contributed by atoms with van der Waals surface area (Å²) in [6.07, 6.45) is 2.10. The van der Waals surface area contributed by atoms with Crippen molar-refractivity contribution < 1.29 is 10.0 Å². The number of nitrogens with one attached hydrogen (secondary N) is 1. The molecule has 4 N–H and O–H groups in total.